The van der Waals surface area contributed by atoms with Crippen LogP contribution in [0.1, 0.15) is 20.7 Å². The van der Waals surface area contributed by atoms with Crippen molar-refractivity contribution in [2.75, 3.05) is 0 Å². The average Bonchev–Trinajstić information content (AvgIpc) is 2.46. The van der Waals surface area contributed by atoms with Crippen LogP contribution in [-0.2, 0) is 0 Å². The van der Waals surface area contributed by atoms with E-state index in [4.69, 9.17) is 0 Å². The van der Waals surface area contributed by atoms with Gasteiger partial charge in [-0.3, -0.25) is 0 Å². The molecule has 2 rings (SSSR count). The predicted molar refractivity (Wildman–Crippen MR) is 73.1 cm³/mol. The zero-order valence-corrected chi connectivity index (χ0v) is 14.1. The summed E-state index contributed by atoms with van der Waals surface area (Å²) in [6, 6.07) is 18.5. The molecule has 2 aromatic carbocycles. The Morgan fingerprint density at radius 3 is 1.28 bits per heavy atom. The second kappa shape index (κ2) is 7.07. The third kappa shape index (κ3) is 3.94. The number of hydrogen-bond donors (Lipinski definition) is 0. The molecule has 0 aromatic heterocycles. The molecule has 0 amide bonds. The van der Waals surface area contributed by atoms with Crippen molar-refractivity contribution in [2.45, 2.75) is 0 Å². The average molecular weight is 465 g/mol. The van der Waals surface area contributed by atoms with Crippen LogP contribution in [-0.4, -0.2) is 41.8 Å². The summed E-state index contributed by atoms with van der Waals surface area (Å²) in [6.45, 7) is 0. The van der Waals surface area contributed by atoms with Gasteiger partial charge in [-0.1, -0.05) is 0 Å². The molecule has 0 aliphatic carbocycles. The van der Waals surface area contributed by atoms with Crippen LogP contribution in [0.2, 0.25) is 0 Å². The van der Waals surface area contributed by atoms with E-state index in [1.165, 1.54) is 0 Å². The summed E-state index contributed by atoms with van der Waals surface area (Å²) in [5.74, 6) is 0. The quantitative estimate of drug-likeness (QED) is 0.634. The van der Waals surface area contributed by atoms with Crippen LogP contribution in [0.25, 0.3) is 0 Å². The first-order chi connectivity index (χ1) is 8.77. The Balaban J connectivity index is 1.93. The van der Waals surface area contributed by atoms with Crippen LogP contribution < -0.4 is 0 Å². The molecule has 18 heavy (non-hydrogen) atoms. The standard InChI is InChI=1S/C14H10O2Te2/c15-13(11-7-3-1-4-8-11)17-18-14(16)12-9-5-2-6-10-12/h1-10H. The van der Waals surface area contributed by atoms with Gasteiger partial charge < -0.3 is 0 Å². The van der Waals surface area contributed by atoms with Crippen LogP contribution in [0.15, 0.2) is 60.7 Å². The number of hydrogen-bond acceptors (Lipinski definition) is 2. The van der Waals surface area contributed by atoms with E-state index in [9.17, 15) is 9.59 Å². The third-order valence-electron chi connectivity index (χ3n) is 2.21. The molecule has 0 N–H and O–H groups in total. The Morgan fingerprint density at radius 1 is 0.611 bits per heavy atom. The normalized spacial score (nSPS) is 10.0. The van der Waals surface area contributed by atoms with E-state index in [1.54, 1.807) is 0 Å². The molecule has 90 valence electrons. The van der Waals surface area contributed by atoms with Gasteiger partial charge in [-0.05, 0) is 0 Å². The molecule has 0 aliphatic heterocycles. The SMILES string of the molecule is O=C([Te][Te]C(=O)c1ccccc1)c1ccccc1. The van der Waals surface area contributed by atoms with Gasteiger partial charge in [0.15, 0.2) is 0 Å². The fraction of sp³-hybridized carbons (Fsp3) is 0. The fourth-order valence-electron chi connectivity index (χ4n) is 1.32. The van der Waals surface area contributed by atoms with Gasteiger partial charge in [-0.2, -0.15) is 0 Å². The summed E-state index contributed by atoms with van der Waals surface area (Å²) in [5, 5.41) is 0. The summed E-state index contributed by atoms with van der Waals surface area (Å²) in [7, 11) is 0. The summed E-state index contributed by atoms with van der Waals surface area (Å²) in [4.78, 5) is 23.8. The maximum absolute atomic E-state index is 11.9. The zero-order chi connectivity index (χ0) is 12.8. The van der Waals surface area contributed by atoms with E-state index in [2.05, 4.69) is 0 Å². The van der Waals surface area contributed by atoms with Gasteiger partial charge >= 0.3 is 123 Å². The second-order valence-electron chi connectivity index (χ2n) is 3.47. The Hall–Kier alpha value is -0.641. The number of rotatable bonds is 5. The van der Waals surface area contributed by atoms with E-state index in [1.807, 2.05) is 60.7 Å². The van der Waals surface area contributed by atoms with Crippen LogP contribution in [0, 0.1) is 0 Å². The topological polar surface area (TPSA) is 34.1 Å². The summed E-state index contributed by atoms with van der Waals surface area (Å²) in [6.07, 6.45) is 0. The first kappa shape index (κ1) is 13.8. The van der Waals surface area contributed by atoms with Crippen molar-refractivity contribution >= 4 is 41.8 Å². The van der Waals surface area contributed by atoms with E-state index < -0.39 is 34.1 Å². The Morgan fingerprint density at radius 2 is 0.944 bits per heavy atom. The second-order valence-corrected chi connectivity index (χ2v) is 12.9. The first-order valence-electron chi connectivity index (χ1n) is 5.30. The molecule has 0 saturated heterocycles. The van der Waals surface area contributed by atoms with Gasteiger partial charge in [0.2, 0.25) is 0 Å². The fourth-order valence-corrected chi connectivity index (χ4v) is 9.66. The monoisotopic (exact) mass is 470 g/mol. The van der Waals surface area contributed by atoms with E-state index in [0.717, 1.165) is 11.1 Å². The Kier molecular flexibility index (Phi) is 5.42. The van der Waals surface area contributed by atoms with E-state index in [0.29, 0.717) is 0 Å². The molecule has 0 atom stereocenters. The van der Waals surface area contributed by atoms with Crippen molar-refractivity contribution in [1.29, 1.82) is 0 Å². The van der Waals surface area contributed by atoms with Gasteiger partial charge in [0.25, 0.3) is 0 Å². The van der Waals surface area contributed by atoms with Crippen LogP contribution in [0.4, 0.5) is 0 Å². The van der Waals surface area contributed by atoms with E-state index >= 15 is 0 Å². The van der Waals surface area contributed by atoms with Crippen LogP contribution >= 0.6 is 0 Å². The van der Waals surface area contributed by atoms with Crippen molar-refractivity contribution in [1.82, 2.24) is 0 Å². The summed E-state index contributed by atoms with van der Waals surface area (Å²) < 4.78 is 0.403. The van der Waals surface area contributed by atoms with E-state index in [-0.39, 0.29) is 7.66 Å². The molecule has 2 aromatic rings. The zero-order valence-electron chi connectivity index (χ0n) is 9.41. The number of carbonyl (C=O) groups is 2. The third-order valence-corrected chi connectivity index (χ3v) is 12.1. The molecule has 2 nitrogen and oxygen atoms in total. The summed E-state index contributed by atoms with van der Waals surface area (Å²) in [5.41, 5.74) is 1.51. The van der Waals surface area contributed by atoms with Crippen molar-refractivity contribution in [2.24, 2.45) is 0 Å². The predicted octanol–water partition coefficient (Wildman–Crippen LogP) is 1.99. The molecule has 0 radical (unpaired) electrons. The van der Waals surface area contributed by atoms with Gasteiger partial charge in [0.05, 0.1) is 0 Å². The van der Waals surface area contributed by atoms with Gasteiger partial charge in [-0.15, -0.1) is 0 Å². The molecular formula is C14H10O2Te2. The molecular weight excluding hydrogens is 455 g/mol. The van der Waals surface area contributed by atoms with Crippen LogP contribution in [0.3, 0.4) is 0 Å². The molecule has 0 spiro atoms. The minimum atomic E-state index is -0.829. The molecule has 0 aliphatic rings. The first-order valence-corrected chi connectivity index (χ1v) is 15.0. The molecule has 0 saturated carbocycles. The maximum atomic E-state index is 11.9. The Bertz CT molecular complexity index is 487. The number of benzene rings is 2. The van der Waals surface area contributed by atoms with Crippen molar-refractivity contribution in [3.63, 3.8) is 0 Å². The molecule has 0 bridgehead atoms. The molecule has 0 unspecified atom stereocenters. The summed E-state index contributed by atoms with van der Waals surface area (Å²) >= 11 is -1.66. The van der Waals surface area contributed by atoms with Crippen molar-refractivity contribution in [3.8, 4) is 0 Å². The Labute approximate surface area is 122 Å². The number of carbonyl (C=O) groups excluding carboxylic acids is 2. The van der Waals surface area contributed by atoms with Gasteiger partial charge in [0, 0.05) is 0 Å². The molecule has 4 heteroatoms. The van der Waals surface area contributed by atoms with Crippen molar-refractivity contribution in [3.05, 3.63) is 71.8 Å². The van der Waals surface area contributed by atoms with Gasteiger partial charge in [-0.25, -0.2) is 0 Å². The van der Waals surface area contributed by atoms with Gasteiger partial charge in [0.1, 0.15) is 0 Å². The van der Waals surface area contributed by atoms with Crippen molar-refractivity contribution < 1.29 is 9.59 Å². The molecule has 0 heterocycles. The molecule has 0 fully saturated rings. The minimum absolute atomic E-state index is 0.202. The van der Waals surface area contributed by atoms with Crippen LogP contribution in [0.5, 0.6) is 0 Å².